The van der Waals surface area contributed by atoms with Crippen molar-refractivity contribution in [3.8, 4) is 0 Å². The Kier molecular flexibility index (Phi) is 6.71. The van der Waals surface area contributed by atoms with Crippen molar-refractivity contribution in [3.05, 3.63) is 38.7 Å². The van der Waals surface area contributed by atoms with E-state index in [1.54, 1.807) is 18.2 Å². The third kappa shape index (κ3) is 4.53. The molecule has 1 fully saturated rings. The summed E-state index contributed by atoms with van der Waals surface area (Å²) >= 11 is 12.9. The lowest BCUT2D eigenvalue weighted by molar-refractivity contribution is -0.146. The second-order valence-electron chi connectivity index (χ2n) is 4.98. The number of benzene rings is 1. The maximum Gasteiger partial charge on any atom is 0.326 e. The maximum absolute atomic E-state index is 12.3. The Labute approximate surface area is 153 Å². The van der Waals surface area contributed by atoms with E-state index >= 15 is 0 Å². The summed E-state index contributed by atoms with van der Waals surface area (Å²) in [4.78, 5) is 37.0. The summed E-state index contributed by atoms with van der Waals surface area (Å²) in [7, 11) is 0. The maximum atomic E-state index is 12.3. The number of hydrogen-bond donors (Lipinski definition) is 0. The van der Waals surface area contributed by atoms with Gasteiger partial charge in [-0.15, -0.1) is 0 Å². The van der Waals surface area contributed by atoms with Gasteiger partial charge in [0.2, 0.25) is 0 Å². The van der Waals surface area contributed by atoms with Gasteiger partial charge in [0.05, 0.1) is 11.5 Å². The van der Waals surface area contributed by atoms with Crippen LogP contribution in [0.15, 0.2) is 23.1 Å². The molecule has 1 aromatic rings. The lowest BCUT2D eigenvalue weighted by Gasteiger charge is -2.11. The van der Waals surface area contributed by atoms with Gasteiger partial charge in [-0.25, -0.2) is 0 Å². The molecule has 1 saturated heterocycles. The molecule has 24 heavy (non-hydrogen) atoms. The van der Waals surface area contributed by atoms with E-state index in [4.69, 9.17) is 27.9 Å². The number of carbonyl (C=O) groups is 3. The number of unbranched alkanes of at least 4 members (excludes halogenated alkanes) is 1. The van der Waals surface area contributed by atoms with Gasteiger partial charge in [0.15, 0.2) is 0 Å². The van der Waals surface area contributed by atoms with Gasteiger partial charge in [0.25, 0.3) is 11.1 Å². The van der Waals surface area contributed by atoms with E-state index in [0.29, 0.717) is 15.6 Å². The van der Waals surface area contributed by atoms with E-state index in [1.165, 1.54) is 6.08 Å². The molecule has 128 valence electrons. The molecule has 5 nitrogen and oxygen atoms in total. The predicted molar refractivity (Wildman–Crippen MR) is 95.0 cm³/mol. The molecule has 0 spiro atoms. The lowest BCUT2D eigenvalue weighted by Crippen LogP contribution is -2.34. The van der Waals surface area contributed by atoms with E-state index in [0.717, 1.165) is 29.5 Å². The number of nitrogens with zero attached hydrogens (tertiary/aromatic N) is 1. The van der Waals surface area contributed by atoms with Crippen molar-refractivity contribution in [1.29, 1.82) is 0 Å². The number of carbonyl (C=O) groups excluding carboxylic acids is 3. The van der Waals surface area contributed by atoms with E-state index in [1.807, 2.05) is 6.92 Å². The molecule has 0 aromatic heterocycles. The molecule has 1 aliphatic heterocycles. The number of rotatable bonds is 6. The molecular weight excluding hydrogens is 373 g/mol. The zero-order valence-corrected chi connectivity index (χ0v) is 15.2. The molecule has 2 amide bonds. The van der Waals surface area contributed by atoms with Crippen molar-refractivity contribution in [3.63, 3.8) is 0 Å². The van der Waals surface area contributed by atoms with E-state index < -0.39 is 23.7 Å². The number of esters is 1. The fourth-order valence-corrected chi connectivity index (χ4v) is 3.25. The Morgan fingerprint density at radius 1 is 1.29 bits per heavy atom. The monoisotopic (exact) mass is 387 g/mol. The van der Waals surface area contributed by atoms with E-state index in [-0.39, 0.29) is 11.5 Å². The first-order valence-electron chi connectivity index (χ1n) is 7.29. The molecular formula is C16H15Cl2NO4S. The van der Waals surface area contributed by atoms with E-state index in [2.05, 4.69) is 0 Å². The van der Waals surface area contributed by atoms with Crippen molar-refractivity contribution in [2.24, 2.45) is 0 Å². The Morgan fingerprint density at radius 2 is 1.96 bits per heavy atom. The first-order valence-corrected chi connectivity index (χ1v) is 8.86. The molecule has 1 aromatic carbocycles. The normalized spacial score (nSPS) is 16.1. The first-order chi connectivity index (χ1) is 11.4. The van der Waals surface area contributed by atoms with Crippen molar-refractivity contribution in [2.45, 2.75) is 19.8 Å². The van der Waals surface area contributed by atoms with Gasteiger partial charge in [-0.1, -0.05) is 42.6 Å². The summed E-state index contributed by atoms with van der Waals surface area (Å²) in [5, 5.41) is 0.211. The summed E-state index contributed by atoms with van der Waals surface area (Å²) < 4.78 is 4.98. The molecule has 0 atom stereocenters. The molecule has 0 bridgehead atoms. The van der Waals surface area contributed by atoms with Crippen LogP contribution in [0.4, 0.5) is 4.79 Å². The number of thioether (sulfide) groups is 1. The van der Waals surface area contributed by atoms with Gasteiger partial charge in [-0.05, 0) is 36.4 Å². The van der Waals surface area contributed by atoms with Crippen LogP contribution in [0.25, 0.3) is 6.08 Å². The Balaban J connectivity index is 2.11. The number of imide groups is 1. The molecule has 0 saturated carbocycles. The van der Waals surface area contributed by atoms with Crippen molar-refractivity contribution >= 4 is 58.2 Å². The number of amides is 2. The minimum Gasteiger partial charge on any atom is -0.464 e. The van der Waals surface area contributed by atoms with Crippen LogP contribution in [-0.4, -0.2) is 35.2 Å². The van der Waals surface area contributed by atoms with Gasteiger partial charge in [0, 0.05) is 15.6 Å². The summed E-state index contributed by atoms with van der Waals surface area (Å²) in [6.07, 6.45) is 3.08. The summed E-state index contributed by atoms with van der Waals surface area (Å²) in [6, 6.07) is 4.95. The molecule has 8 heteroatoms. The summed E-state index contributed by atoms with van der Waals surface area (Å²) in [5.41, 5.74) is 0.455. The van der Waals surface area contributed by atoms with Crippen molar-refractivity contribution in [1.82, 2.24) is 4.90 Å². The number of halogens is 2. The second kappa shape index (κ2) is 8.55. The Bertz CT molecular complexity index is 685. The molecule has 0 unspecified atom stereocenters. The summed E-state index contributed by atoms with van der Waals surface area (Å²) in [6.45, 7) is 1.84. The smallest absolute Gasteiger partial charge is 0.326 e. The minimum atomic E-state index is -0.609. The van der Waals surface area contributed by atoms with Crippen LogP contribution in [-0.2, 0) is 14.3 Å². The molecule has 0 radical (unpaired) electrons. The topological polar surface area (TPSA) is 63.7 Å². The third-order valence-corrected chi connectivity index (χ3v) is 4.76. The van der Waals surface area contributed by atoms with Crippen molar-refractivity contribution < 1.29 is 19.1 Å². The van der Waals surface area contributed by atoms with Gasteiger partial charge in [-0.3, -0.25) is 19.3 Å². The van der Waals surface area contributed by atoms with Crippen LogP contribution >= 0.6 is 35.0 Å². The third-order valence-electron chi connectivity index (χ3n) is 3.20. The van der Waals surface area contributed by atoms with Gasteiger partial charge >= 0.3 is 5.97 Å². The standard InChI is InChI=1S/C16H15Cl2NO4S/c1-2-3-7-23-14(20)9-19-15(21)13(24-16(19)22)8-10-11(17)5-4-6-12(10)18/h4-6,8H,2-3,7,9H2,1H3/b13-8+. The Hall–Kier alpha value is -1.50. The fraction of sp³-hybridized carbons (Fsp3) is 0.312. The van der Waals surface area contributed by atoms with Crippen LogP contribution in [0.5, 0.6) is 0 Å². The number of hydrogen-bond acceptors (Lipinski definition) is 5. The Morgan fingerprint density at radius 3 is 2.58 bits per heavy atom. The average Bonchev–Trinajstić information content (AvgIpc) is 2.79. The molecule has 0 N–H and O–H groups in total. The largest absolute Gasteiger partial charge is 0.464 e. The van der Waals surface area contributed by atoms with Crippen molar-refractivity contribution in [2.75, 3.05) is 13.2 Å². The fourth-order valence-electron chi connectivity index (χ4n) is 1.92. The van der Waals surface area contributed by atoms with Crippen LogP contribution in [0.2, 0.25) is 10.0 Å². The highest BCUT2D eigenvalue weighted by Crippen LogP contribution is 2.35. The van der Waals surface area contributed by atoms with Gasteiger partial charge < -0.3 is 4.74 Å². The SMILES string of the molecule is CCCCOC(=O)CN1C(=O)S/C(=C/c2c(Cl)cccc2Cl)C1=O. The number of ether oxygens (including phenoxy) is 1. The zero-order chi connectivity index (χ0) is 17.7. The molecule has 1 aliphatic rings. The summed E-state index contributed by atoms with van der Waals surface area (Å²) in [5.74, 6) is -1.17. The minimum absolute atomic E-state index is 0.163. The second-order valence-corrected chi connectivity index (χ2v) is 6.78. The molecule has 0 aliphatic carbocycles. The molecule has 2 rings (SSSR count). The average molecular weight is 388 g/mol. The zero-order valence-electron chi connectivity index (χ0n) is 12.9. The van der Waals surface area contributed by atoms with Crippen LogP contribution in [0.1, 0.15) is 25.3 Å². The van der Waals surface area contributed by atoms with Crippen LogP contribution in [0.3, 0.4) is 0 Å². The highest BCUT2D eigenvalue weighted by Gasteiger charge is 2.36. The predicted octanol–water partition coefficient (Wildman–Crippen LogP) is 4.37. The van der Waals surface area contributed by atoms with Gasteiger partial charge in [0.1, 0.15) is 6.54 Å². The van der Waals surface area contributed by atoms with Gasteiger partial charge in [-0.2, -0.15) is 0 Å². The van der Waals surface area contributed by atoms with Crippen LogP contribution in [0, 0.1) is 0 Å². The highest BCUT2D eigenvalue weighted by atomic mass is 35.5. The lowest BCUT2D eigenvalue weighted by atomic mass is 10.2. The van der Waals surface area contributed by atoms with E-state index in [9.17, 15) is 14.4 Å². The quantitative estimate of drug-likeness (QED) is 0.411. The highest BCUT2D eigenvalue weighted by molar-refractivity contribution is 8.18. The van der Waals surface area contributed by atoms with Crippen LogP contribution < -0.4 is 0 Å². The molecule has 1 heterocycles. The first kappa shape index (κ1) is 18.8.